The van der Waals surface area contributed by atoms with Gasteiger partial charge in [0.1, 0.15) is 6.61 Å². The first-order valence-corrected chi connectivity index (χ1v) is 5.78. The Kier molecular flexibility index (Phi) is 4.04. The van der Waals surface area contributed by atoms with Gasteiger partial charge in [-0.15, -0.1) is 0 Å². The first-order chi connectivity index (χ1) is 8.70. The number of ether oxygens (including phenoxy) is 4. The van der Waals surface area contributed by atoms with Gasteiger partial charge in [-0.3, -0.25) is 0 Å². The lowest BCUT2D eigenvalue weighted by Gasteiger charge is -2.26. The molecule has 0 amide bonds. The van der Waals surface area contributed by atoms with Gasteiger partial charge in [0.05, 0.1) is 13.7 Å². The van der Waals surface area contributed by atoms with Crippen molar-refractivity contribution < 1.29 is 23.7 Å². The fourth-order valence-corrected chi connectivity index (χ4v) is 1.63. The monoisotopic (exact) mass is 252 g/mol. The normalized spacial score (nSPS) is 19.1. The molecule has 5 nitrogen and oxygen atoms in total. The molecular formula is C13H16O5. The van der Waals surface area contributed by atoms with Crippen molar-refractivity contribution in [3.63, 3.8) is 0 Å². The highest BCUT2D eigenvalue weighted by molar-refractivity contribution is 5.73. The Hall–Kier alpha value is -1.75. The van der Waals surface area contributed by atoms with Crippen LogP contribution in [0.1, 0.15) is 6.92 Å². The van der Waals surface area contributed by atoms with E-state index in [1.807, 2.05) is 24.3 Å². The van der Waals surface area contributed by atoms with Crippen molar-refractivity contribution in [2.24, 2.45) is 0 Å². The summed E-state index contributed by atoms with van der Waals surface area (Å²) in [5, 5.41) is 0. The summed E-state index contributed by atoms with van der Waals surface area (Å²) < 4.78 is 21.2. The number of hydrogen-bond acceptors (Lipinski definition) is 5. The summed E-state index contributed by atoms with van der Waals surface area (Å²) in [7, 11) is 1.33. The van der Waals surface area contributed by atoms with Gasteiger partial charge in [0.2, 0.25) is 0 Å². The van der Waals surface area contributed by atoms with Gasteiger partial charge in [-0.1, -0.05) is 12.1 Å². The van der Waals surface area contributed by atoms with Gasteiger partial charge in [0.15, 0.2) is 23.7 Å². The van der Waals surface area contributed by atoms with Crippen LogP contribution < -0.4 is 9.47 Å². The molecule has 0 saturated heterocycles. The molecule has 1 aromatic carbocycles. The first-order valence-electron chi connectivity index (χ1n) is 5.78. The number of carbonyl (C=O) groups is 1. The summed E-state index contributed by atoms with van der Waals surface area (Å²) in [5.74, 6) is 1.03. The fourth-order valence-electron chi connectivity index (χ4n) is 1.63. The zero-order chi connectivity index (χ0) is 13.0. The van der Waals surface area contributed by atoms with Gasteiger partial charge in [-0.05, 0) is 19.1 Å². The third kappa shape index (κ3) is 2.92. The second-order valence-electron chi connectivity index (χ2n) is 4.00. The Labute approximate surface area is 106 Å². The van der Waals surface area contributed by atoms with Gasteiger partial charge < -0.3 is 18.9 Å². The molecule has 0 aliphatic carbocycles. The smallest absolute Gasteiger partial charge is 0.334 e. The van der Waals surface area contributed by atoms with E-state index in [-0.39, 0.29) is 12.7 Å². The van der Waals surface area contributed by atoms with Crippen molar-refractivity contribution in [3.8, 4) is 11.5 Å². The number of benzene rings is 1. The molecular weight excluding hydrogens is 236 g/mol. The summed E-state index contributed by atoms with van der Waals surface area (Å²) in [5.41, 5.74) is 0. The zero-order valence-corrected chi connectivity index (χ0v) is 10.4. The molecule has 0 saturated carbocycles. The van der Waals surface area contributed by atoms with Gasteiger partial charge in [0.25, 0.3) is 0 Å². The highest BCUT2D eigenvalue weighted by atomic mass is 16.6. The Morgan fingerprint density at radius 3 is 2.89 bits per heavy atom. The van der Waals surface area contributed by atoms with Gasteiger partial charge in [-0.25, -0.2) is 4.79 Å². The molecule has 0 N–H and O–H groups in total. The van der Waals surface area contributed by atoms with E-state index in [1.54, 1.807) is 6.92 Å². The zero-order valence-electron chi connectivity index (χ0n) is 10.4. The number of fused-ring (bicyclic) bond motifs is 1. The Morgan fingerprint density at radius 2 is 2.17 bits per heavy atom. The van der Waals surface area contributed by atoms with Crippen molar-refractivity contribution in [2.75, 3.05) is 20.3 Å². The molecule has 1 aliphatic rings. The summed E-state index contributed by atoms with van der Waals surface area (Å²) in [6, 6.07) is 7.45. The van der Waals surface area contributed by atoms with Gasteiger partial charge in [-0.2, -0.15) is 0 Å². The molecule has 0 spiro atoms. The van der Waals surface area contributed by atoms with E-state index in [2.05, 4.69) is 4.74 Å². The van der Waals surface area contributed by atoms with Crippen LogP contribution in [0.3, 0.4) is 0 Å². The number of hydrogen-bond donors (Lipinski definition) is 0. The summed E-state index contributed by atoms with van der Waals surface area (Å²) in [4.78, 5) is 11.2. The van der Waals surface area contributed by atoms with Crippen LogP contribution in [0.15, 0.2) is 24.3 Å². The molecule has 18 heavy (non-hydrogen) atoms. The summed E-state index contributed by atoms with van der Waals surface area (Å²) >= 11 is 0. The van der Waals surface area contributed by atoms with E-state index >= 15 is 0 Å². The Bertz CT molecular complexity index is 418. The van der Waals surface area contributed by atoms with Crippen molar-refractivity contribution in [2.45, 2.75) is 19.1 Å². The van der Waals surface area contributed by atoms with Crippen molar-refractivity contribution in [1.29, 1.82) is 0 Å². The second-order valence-corrected chi connectivity index (χ2v) is 4.00. The SMILES string of the molecule is COC(=O)[C@H](C)OC[C@H]1COc2ccccc2O1. The van der Waals surface area contributed by atoms with E-state index < -0.39 is 12.1 Å². The Morgan fingerprint density at radius 1 is 1.44 bits per heavy atom. The number of para-hydroxylation sites is 2. The van der Waals surface area contributed by atoms with E-state index in [9.17, 15) is 4.79 Å². The highest BCUT2D eigenvalue weighted by Crippen LogP contribution is 2.30. The number of rotatable bonds is 4. The molecule has 98 valence electrons. The molecule has 0 aromatic heterocycles. The van der Waals surface area contributed by atoms with Crippen molar-refractivity contribution >= 4 is 5.97 Å². The minimum Gasteiger partial charge on any atom is -0.486 e. The van der Waals surface area contributed by atoms with Crippen LogP contribution in [0.2, 0.25) is 0 Å². The number of carbonyl (C=O) groups excluding carboxylic acids is 1. The maximum absolute atomic E-state index is 11.2. The average Bonchev–Trinajstić information content (AvgIpc) is 2.43. The lowest BCUT2D eigenvalue weighted by molar-refractivity contribution is -0.154. The highest BCUT2D eigenvalue weighted by Gasteiger charge is 2.23. The van der Waals surface area contributed by atoms with E-state index in [4.69, 9.17) is 14.2 Å². The molecule has 2 rings (SSSR count). The van der Waals surface area contributed by atoms with Crippen molar-refractivity contribution in [1.82, 2.24) is 0 Å². The molecule has 5 heteroatoms. The summed E-state index contributed by atoms with van der Waals surface area (Å²) in [6.07, 6.45) is -0.817. The third-order valence-corrected chi connectivity index (χ3v) is 2.63. The van der Waals surface area contributed by atoms with Gasteiger partial charge in [0, 0.05) is 0 Å². The third-order valence-electron chi connectivity index (χ3n) is 2.63. The van der Waals surface area contributed by atoms with Crippen LogP contribution in [-0.4, -0.2) is 38.5 Å². The number of esters is 1. The number of methoxy groups -OCH3 is 1. The summed E-state index contributed by atoms with van der Waals surface area (Å²) in [6.45, 7) is 2.33. The van der Waals surface area contributed by atoms with E-state index in [0.29, 0.717) is 12.4 Å². The van der Waals surface area contributed by atoms with Crippen LogP contribution in [0, 0.1) is 0 Å². The van der Waals surface area contributed by atoms with E-state index in [0.717, 1.165) is 5.75 Å². The van der Waals surface area contributed by atoms with E-state index in [1.165, 1.54) is 7.11 Å². The van der Waals surface area contributed by atoms with Crippen molar-refractivity contribution in [3.05, 3.63) is 24.3 Å². The largest absolute Gasteiger partial charge is 0.486 e. The van der Waals surface area contributed by atoms with Gasteiger partial charge >= 0.3 is 5.97 Å². The predicted molar refractivity (Wildman–Crippen MR) is 63.8 cm³/mol. The topological polar surface area (TPSA) is 54.0 Å². The quantitative estimate of drug-likeness (QED) is 0.758. The lowest BCUT2D eigenvalue weighted by Crippen LogP contribution is -2.36. The minimum atomic E-state index is -0.601. The maximum atomic E-state index is 11.2. The fraction of sp³-hybridized carbons (Fsp3) is 0.462. The van der Waals surface area contributed by atoms with Crippen LogP contribution in [0.5, 0.6) is 11.5 Å². The molecule has 0 unspecified atom stereocenters. The van der Waals surface area contributed by atoms with Crippen LogP contribution >= 0.6 is 0 Å². The lowest BCUT2D eigenvalue weighted by atomic mass is 10.2. The molecule has 1 aromatic rings. The molecule has 1 heterocycles. The van der Waals surface area contributed by atoms with Crippen LogP contribution in [0.4, 0.5) is 0 Å². The predicted octanol–water partition coefficient (Wildman–Crippen LogP) is 1.40. The second kappa shape index (κ2) is 5.73. The standard InChI is InChI=1S/C13H16O5/c1-9(13(14)15-2)16-7-10-8-17-11-5-3-4-6-12(11)18-10/h3-6,9-10H,7-8H2,1-2H3/t9-,10-/m0/s1. The average molecular weight is 252 g/mol. The van der Waals surface area contributed by atoms with Crippen LogP contribution in [0.25, 0.3) is 0 Å². The molecule has 0 radical (unpaired) electrons. The van der Waals surface area contributed by atoms with Crippen LogP contribution in [-0.2, 0) is 14.3 Å². The maximum Gasteiger partial charge on any atom is 0.334 e. The molecule has 0 fully saturated rings. The Balaban J connectivity index is 1.85. The first kappa shape index (κ1) is 12.7. The molecule has 0 bridgehead atoms. The molecule has 1 aliphatic heterocycles. The minimum absolute atomic E-state index is 0.216. The molecule has 2 atom stereocenters.